The molecule has 0 spiro atoms. The Kier molecular flexibility index (Phi) is 7.65. The molecule has 0 saturated carbocycles. The molecule has 0 amide bonds. The highest BCUT2D eigenvalue weighted by atomic mass is 16.5. The zero-order valence-electron chi connectivity index (χ0n) is 11.3. The van der Waals surface area contributed by atoms with Gasteiger partial charge in [0.2, 0.25) is 0 Å². The van der Waals surface area contributed by atoms with Gasteiger partial charge in [-0.25, -0.2) is 0 Å². The van der Waals surface area contributed by atoms with Crippen molar-refractivity contribution in [3.8, 4) is 0 Å². The van der Waals surface area contributed by atoms with Gasteiger partial charge in [0.25, 0.3) is 0 Å². The third kappa shape index (κ3) is 6.15. The lowest BCUT2D eigenvalue weighted by atomic mass is 10.2. The van der Waals surface area contributed by atoms with Crippen molar-refractivity contribution in [2.75, 3.05) is 13.2 Å². The third-order valence-electron chi connectivity index (χ3n) is 2.73. The molecule has 102 valence electrons. The molecule has 0 bridgehead atoms. The first kappa shape index (κ1) is 15.2. The van der Waals surface area contributed by atoms with Crippen LogP contribution in [0.5, 0.6) is 0 Å². The van der Waals surface area contributed by atoms with Gasteiger partial charge in [-0.15, -0.1) is 0 Å². The van der Waals surface area contributed by atoms with E-state index in [0.29, 0.717) is 13.2 Å². The lowest BCUT2D eigenvalue weighted by Gasteiger charge is -2.20. The van der Waals surface area contributed by atoms with Crippen LogP contribution in [0.15, 0.2) is 30.3 Å². The molecule has 0 aromatic heterocycles. The topological polar surface area (TPSA) is 38.7 Å². The van der Waals surface area contributed by atoms with Gasteiger partial charge >= 0.3 is 0 Å². The predicted molar refractivity (Wildman–Crippen MR) is 72.4 cm³/mol. The number of benzene rings is 1. The Hall–Kier alpha value is -0.900. The minimum absolute atomic E-state index is 0.0546. The zero-order chi connectivity index (χ0) is 13.2. The SMILES string of the molecule is CCCOC(CO)CC(C)OCc1ccccc1. The lowest BCUT2D eigenvalue weighted by molar-refractivity contribution is -0.0368. The molecule has 3 heteroatoms. The molecule has 0 aliphatic carbocycles. The summed E-state index contributed by atoms with van der Waals surface area (Å²) in [6, 6.07) is 10.1. The first-order valence-corrected chi connectivity index (χ1v) is 6.64. The first-order valence-electron chi connectivity index (χ1n) is 6.64. The van der Waals surface area contributed by atoms with Crippen molar-refractivity contribution in [2.24, 2.45) is 0 Å². The number of hydrogen-bond acceptors (Lipinski definition) is 3. The summed E-state index contributed by atoms with van der Waals surface area (Å²) in [5.74, 6) is 0. The third-order valence-corrected chi connectivity index (χ3v) is 2.73. The second-order valence-electron chi connectivity index (χ2n) is 4.52. The summed E-state index contributed by atoms with van der Waals surface area (Å²) in [5.41, 5.74) is 1.17. The molecule has 18 heavy (non-hydrogen) atoms. The Balaban J connectivity index is 2.25. The summed E-state index contributed by atoms with van der Waals surface area (Å²) in [7, 11) is 0. The maximum Gasteiger partial charge on any atom is 0.0830 e. The Labute approximate surface area is 110 Å². The summed E-state index contributed by atoms with van der Waals surface area (Å²) in [6.45, 7) is 5.42. The maximum absolute atomic E-state index is 9.21. The van der Waals surface area contributed by atoms with Crippen LogP contribution in [-0.4, -0.2) is 30.5 Å². The fraction of sp³-hybridized carbons (Fsp3) is 0.600. The number of aliphatic hydroxyl groups excluding tert-OH is 1. The first-order chi connectivity index (χ1) is 8.76. The highest BCUT2D eigenvalue weighted by Gasteiger charge is 2.13. The van der Waals surface area contributed by atoms with Crippen LogP contribution >= 0.6 is 0 Å². The lowest BCUT2D eigenvalue weighted by Crippen LogP contribution is -2.24. The van der Waals surface area contributed by atoms with Crippen molar-refractivity contribution in [3.63, 3.8) is 0 Å². The minimum Gasteiger partial charge on any atom is -0.394 e. The molecule has 0 fully saturated rings. The predicted octanol–water partition coefficient (Wildman–Crippen LogP) is 2.77. The van der Waals surface area contributed by atoms with Crippen LogP contribution < -0.4 is 0 Å². The van der Waals surface area contributed by atoms with E-state index in [1.54, 1.807) is 0 Å². The van der Waals surface area contributed by atoms with Crippen molar-refractivity contribution in [1.29, 1.82) is 0 Å². The summed E-state index contributed by atoms with van der Waals surface area (Å²) in [4.78, 5) is 0. The van der Waals surface area contributed by atoms with Gasteiger partial charge in [0, 0.05) is 13.0 Å². The second kappa shape index (κ2) is 9.09. The van der Waals surface area contributed by atoms with Crippen LogP contribution in [0.4, 0.5) is 0 Å². The van der Waals surface area contributed by atoms with E-state index in [2.05, 4.69) is 6.92 Å². The van der Waals surface area contributed by atoms with Crippen molar-refractivity contribution in [3.05, 3.63) is 35.9 Å². The summed E-state index contributed by atoms with van der Waals surface area (Å²) in [6.07, 6.45) is 1.66. The molecule has 0 aliphatic rings. The molecule has 2 atom stereocenters. The Morgan fingerprint density at radius 3 is 2.50 bits per heavy atom. The Morgan fingerprint density at radius 1 is 1.17 bits per heavy atom. The van der Waals surface area contributed by atoms with Gasteiger partial charge in [0.05, 0.1) is 25.4 Å². The van der Waals surface area contributed by atoms with Crippen LogP contribution in [0, 0.1) is 0 Å². The van der Waals surface area contributed by atoms with E-state index in [-0.39, 0.29) is 18.8 Å². The quantitative estimate of drug-likeness (QED) is 0.734. The van der Waals surface area contributed by atoms with Gasteiger partial charge in [-0.2, -0.15) is 0 Å². The van der Waals surface area contributed by atoms with Crippen molar-refractivity contribution in [2.45, 2.75) is 45.5 Å². The van der Waals surface area contributed by atoms with Crippen molar-refractivity contribution in [1.82, 2.24) is 0 Å². The normalized spacial score (nSPS) is 14.4. The molecule has 3 nitrogen and oxygen atoms in total. The monoisotopic (exact) mass is 252 g/mol. The number of hydrogen-bond donors (Lipinski definition) is 1. The standard InChI is InChI=1S/C15H24O3/c1-3-9-17-15(11-16)10-13(2)18-12-14-7-5-4-6-8-14/h4-8,13,15-16H,3,9-12H2,1-2H3. The molecule has 1 aromatic rings. The van der Waals surface area contributed by atoms with Crippen LogP contribution in [0.25, 0.3) is 0 Å². The van der Waals surface area contributed by atoms with Gasteiger partial charge < -0.3 is 14.6 Å². The molecule has 2 unspecified atom stereocenters. The Bertz CT molecular complexity index is 300. The highest BCUT2D eigenvalue weighted by Crippen LogP contribution is 2.09. The maximum atomic E-state index is 9.21. The van der Waals surface area contributed by atoms with E-state index in [4.69, 9.17) is 9.47 Å². The summed E-state index contributed by atoms with van der Waals surface area (Å²) in [5, 5.41) is 9.21. The van der Waals surface area contributed by atoms with Crippen molar-refractivity contribution < 1.29 is 14.6 Å². The number of aliphatic hydroxyl groups is 1. The molecule has 0 radical (unpaired) electrons. The van der Waals surface area contributed by atoms with Gasteiger partial charge in [0.1, 0.15) is 0 Å². The average Bonchev–Trinajstić information content (AvgIpc) is 2.42. The Morgan fingerprint density at radius 2 is 1.89 bits per heavy atom. The smallest absolute Gasteiger partial charge is 0.0830 e. The zero-order valence-corrected chi connectivity index (χ0v) is 11.3. The van der Waals surface area contributed by atoms with Crippen LogP contribution in [0.2, 0.25) is 0 Å². The van der Waals surface area contributed by atoms with Crippen LogP contribution in [0.1, 0.15) is 32.3 Å². The number of ether oxygens (including phenoxy) is 2. The molecule has 1 rings (SSSR count). The second-order valence-corrected chi connectivity index (χ2v) is 4.52. The average molecular weight is 252 g/mol. The van der Waals surface area contributed by atoms with Crippen LogP contribution in [-0.2, 0) is 16.1 Å². The van der Waals surface area contributed by atoms with Gasteiger partial charge in [-0.1, -0.05) is 37.3 Å². The largest absolute Gasteiger partial charge is 0.394 e. The molecule has 0 aliphatic heterocycles. The minimum atomic E-state index is -0.115. The van der Waals surface area contributed by atoms with Gasteiger partial charge in [0.15, 0.2) is 0 Å². The fourth-order valence-corrected chi connectivity index (χ4v) is 1.73. The van der Waals surface area contributed by atoms with E-state index in [1.807, 2.05) is 37.3 Å². The molecule has 0 heterocycles. The van der Waals surface area contributed by atoms with Gasteiger partial charge in [-0.3, -0.25) is 0 Å². The summed E-state index contributed by atoms with van der Waals surface area (Å²) >= 11 is 0. The van der Waals surface area contributed by atoms with Gasteiger partial charge in [-0.05, 0) is 18.9 Å². The van der Waals surface area contributed by atoms with E-state index >= 15 is 0 Å². The molecular weight excluding hydrogens is 228 g/mol. The number of rotatable bonds is 9. The molecule has 1 N–H and O–H groups in total. The van der Waals surface area contributed by atoms with E-state index in [0.717, 1.165) is 12.8 Å². The molecule has 1 aromatic carbocycles. The van der Waals surface area contributed by atoms with E-state index < -0.39 is 0 Å². The van der Waals surface area contributed by atoms with E-state index in [9.17, 15) is 5.11 Å². The van der Waals surface area contributed by atoms with E-state index in [1.165, 1.54) is 5.56 Å². The fourth-order valence-electron chi connectivity index (χ4n) is 1.73. The molecule has 0 saturated heterocycles. The summed E-state index contributed by atoms with van der Waals surface area (Å²) < 4.78 is 11.3. The van der Waals surface area contributed by atoms with Crippen LogP contribution in [0.3, 0.4) is 0 Å². The molecular formula is C15H24O3. The van der Waals surface area contributed by atoms with Crippen molar-refractivity contribution >= 4 is 0 Å². The highest BCUT2D eigenvalue weighted by molar-refractivity contribution is 5.13.